The van der Waals surface area contributed by atoms with Crippen molar-refractivity contribution in [3.05, 3.63) is 112 Å². The van der Waals surface area contributed by atoms with Crippen LogP contribution in [0.5, 0.6) is 0 Å². The quantitative estimate of drug-likeness (QED) is 0.324. The van der Waals surface area contributed by atoms with E-state index in [1.54, 1.807) is 0 Å². The number of para-hydroxylation sites is 1. The monoisotopic (exact) mass is 503 g/mol. The number of halogens is 1. The maximum Gasteiger partial charge on any atom is 0.0450 e. The molecule has 2 heteroatoms. The topological polar surface area (TPSA) is 3.24 Å². The summed E-state index contributed by atoms with van der Waals surface area (Å²) in [5.74, 6) is 0. The molecule has 1 aliphatic rings. The summed E-state index contributed by atoms with van der Waals surface area (Å²) in [7, 11) is 0. The molecule has 1 nitrogen and oxygen atoms in total. The summed E-state index contributed by atoms with van der Waals surface area (Å²) in [5.41, 5.74) is 7.66. The van der Waals surface area contributed by atoms with Gasteiger partial charge in [0, 0.05) is 33.2 Å². The van der Waals surface area contributed by atoms with Crippen molar-refractivity contribution < 1.29 is 0 Å². The molecule has 3 rings (SSSR count). The maximum atomic E-state index is 4.39. The third-order valence-electron chi connectivity index (χ3n) is 7.00. The van der Waals surface area contributed by atoms with Crippen molar-refractivity contribution in [1.82, 2.24) is 0 Å². The van der Waals surface area contributed by atoms with Crippen LogP contribution < -0.4 is 4.90 Å². The Bertz CT molecular complexity index is 1100. The average molecular weight is 505 g/mol. The molecule has 2 aromatic rings. The van der Waals surface area contributed by atoms with Gasteiger partial charge in [0.25, 0.3) is 0 Å². The number of aryl methyl sites for hydroxylation is 1. The summed E-state index contributed by atoms with van der Waals surface area (Å²) in [6, 6.07) is 17.4. The van der Waals surface area contributed by atoms with Crippen molar-refractivity contribution in [3.63, 3.8) is 0 Å². The van der Waals surface area contributed by atoms with Crippen LogP contribution in [0.3, 0.4) is 0 Å². The minimum absolute atomic E-state index is 0.0196. The number of benzene rings is 2. The second-order valence-corrected chi connectivity index (χ2v) is 11.0. The zero-order chi connectivity index (χ0) is 24.2. The number of hydrogen-bond acceptors (Lipinski definition) is 1. The lowest BCUT2D eigenvalue weighted by molar-refractivity contribution is 0.624. The molecule has 0 atom stereocenters. The molecule has 0 amide bonds. The lowest BCUT2D eigenvalue weighted by Crippen LogP contribution is -2.26. The van der Waals surface area contributed by atoms with Gasteiger partial charge in [0.1, 0.15) is 0 Å². The summed E-state index contributed by atoms with van der Waals surface area (Å²) in [6.07, 6.45) is 11.1. The molecule has 0 bridgehead atoms. The van der Waals surface area contributed by atoms with Crippen LogP contribution in [0.2, 0.25) is 0 Å². The fourth-order valence-corrected chi connectivity index (χ4v) is 5.01. The summed E-state index contributed by atoms with van der Waals surface area (Å²) in [6.45, 7) is 19.0. The van der Waals surface area contributed by atoms with Crippen LogP contribution in [-0.4, -0.2) is 6.54 Å². The Balaban J connectivity index is 1.85. The molecule has 0 spiro atoms. The highest BCUT2D eigenvalue weighted by Crippen LogP contribution is 2.47. The summed E-state index contributed by atoms with van der Waals surface area (Å²) in [4.78, 5) is 2.50. The Morgan fingerprint density at radius 2 is 1.73 bits per heavy atom. The lowest BCUT2D eigenvalue weighted by Gasteiger charge is -2.28. The van der Waals surface area contributed by atoms with E-state index < -0.39 is 0 Å². The van der Waals surface area contributed by atoms with Gasteiger partial charge in [-0.2, -0.15) is 0 Å². The van der Waals surface area contributed by atoms with E-state index in [0.717, 1.165) is 16.6 Å². The average Bonchev–Trinajstić information content (AvgIpc) is 3.00. The first-order valence-corrected chi connectivity index (χ1v) is 12.8. The highest BCUT2D eigenvalue weighted by Gasteiger charge is 2.39. The molecular weight excluding hydrogens is 466 g/mol. The fraction of sp³-hybridized carbons (Fsp3) is 0.355. The highest BCUT2D eigenvalue weighted by atomic mass is 79.9. The molecule has 1 heterocycles. The molecule has 2 aromatic carbocycles. The lowest BCUT2D eigenvalue weighted by atomic mass is 9.76. The molecular formula is C31H38BrN. The molecule has 33 heavy (non-hydrogen) atoms. The fourth-order valence-electron chi connectivity index (χ4n) is 4.75. The van der Waals surface area contributed by atoms with Gasteiger partial charge < -0.3 is 4.90 Å². The number of hydrogen-bond donors (Lipinski definition) is 0. The van der Waals surface area contributed by atoms with Gasteiger partial charge in [-0.15, -0.1) is 0 Å². The summed E-state index contributed by atoms with van der Waals surface area (Å²) < 4.78 is 1.04. The Labute approximate surface area is 209 Å². The smallest absolute Gasteiger partial charge is 0.0450 e. The largest absolute Gasteiger partial charge is 0.344 e. The van der Waals surface area contributed by atoms with Crippen molar-refractivity contribution in [2.24, 2.45) is 0 Å². The molecule has 174 valence electrons. The molecule has 0 saturated heterocycles. The molecule has 1 aliphatic heterocycles. The second kappa shape index (κ2) is 10.3. The molecule has 0 saturated carbocycles. The van der Waals surface area contributed by atoms with Gasteiger partial charge in [-0.25, -0.2) is 0 Å². The molecule has 0 N–H and O–H groups in total. The number of allylic oxidation sites excluding steroid dienone is 7. The summed E-state index contributed by atoms with van der Waals surface area (Å²) >= 11 is 3.77. The van der Waals surface area contributed by atoms with Gasteiger partial charge in [0.2, 0.25) is 0 Å². The van der Waals surface area contributed by atoms with Crippen LogP contribution in [0, 0.1) is 6.92 Å². The van der Waals surface area contributed by atoms with Gasteiger partial charge in [0.15, 0.2) is 0 Å². The van der Waals surface area contributed by atoms with Crippen LogP contribution in [0.1, 0.15) is 64.2 Å². The van der Waals surface area contributed by atoms with E-state index in [0.29, 0.717) is 0 Å². The number of anilines is 1. The van der Waals surface area contributed by atoms with E-state index in [4.69, 9.17) is 0 Å². The second-order valence-electron chi connectivity index (χ2n) is 10.0. The van der Waals surface area contributed by atoms with Crippen molar-refractivity contribution in [1.29, 1.82) is 0 Å². The van der Waals surface area contributed by atoms with Gasteiger partial charge in [0.05, 0.1) is 0 Å². The maximum absolute atomic E-state index is 4.39. The molecule has 0 fully saturated rings. The predicted octanol–water partition coefficient (Wildman–Crippen LogP) is 9.15. The Hall–Kier alpha value is -2.32. The molecule has 0 aromatic heterocycles. The van der Waals surface area contributed by atoms with Crippen molar-refractivity contribution in [3.8, 4) is 0 Å². The molecule has 0 aliphatic carbocycles. The molecule has 0 unspecified atom stereocenters. The highest BCUT2D eigenvalue weighted by molar-refractivity contribution is 9.11. The zero-order valence-corrected chi connectivity index (χ0v) is 22.7. The van der Waals surface area contributed by atoms with Crippen molar-refractivity contribution in [2.75, 3.05) is 11.4 Å². The number of rotatable bonds is 8. The first-order chi connectivity index (χ1) is 15.6. The van der Waals surface area contributed by atoms with Crippen molar-refractivity contribution >= 4 is 21.6 Å². The Kier molecular flexibility index (Phi) is 7.90. The normalized spacial score (nSPS) is 17.1. The van der Waals surface area contributed by atoms with Crippen LogP contribution in [0.4, 0.5) is 5.69 Å². The standard InChI is InChI=1S/C31H38BrN/c1-8-9-22-33-28-17-13-12-16-27(28)31(6,7)29(33)21-20-25(32)19-18-24(3)30(4,5)26-15-11-10-14-23(26)2/h10-21H,3,8-9,22H2,1-2,4-7H3/b19-18+,25-20-,29-21-. The van der Waals surface area contributed by atoms with E-state index in [-0.39, 0.29) is 10.8 Å². The zero-order valence-electron chi connectivity index (χ0n) is 21.1. The van der Waals surface area contributed by atoms with Crippen molar-refractivity contribution in [2.45, 2.75) is 65.2 Å². The van der Waals surface area contributed by atoms with Crippen LogP contribution in [-0.2, 0) is 10.8 Å². The third kappa shape index (κ3) is 5.27. The van der Waals surface area contributed by atoms with E-state index in [1.807, 2.05) is 0 Å². The number of fused-ring (bicyclic) bond motifs is 1. The minimum Gasteiger partial charge on any atom is -0.344 e. The van der Waals surface area contributed by atoms with E-state index in [2.05, 4.69) is 142 Å². The number of unbranched alkanes of at least 4 members (excludes halogenated alkanes) is 1. The SMILES string of the molecule is C=C(/C=C/C(Br)=C/C=C1\N(CCCC)c2ccccc2C1(C)C)C(C)(C)c1ccccc1C. The van der Waals surface area contributed by atoms with Gasteiger partial charge in [-0.05, 0) is 59.9 Å². The van der Waals surface area contributed by atoms with Gasteiger partial charge in [-0.1, -0.05) is 112 Å². The first-order valence-electron chi connectivity index (χ1n) is 12.0. The predicted molar refractivity (Wildman–Crippen MR) is 149 cm³/mol. The Morgan fingerprint density at radius 1 is 1.06 bits per heavy atom. The van der Waals surface area contributed by atoms with Gasteiger partial charge in [-0.3, -0.25) is 0 Å². The van der Waals surface area contributed by atoms with Crippen LogP contribution in [0.25, 0.3) is 0 Å². The number of nitrogens with zero attached hydrogens (tertiary/aromatic N) is 1. The van der Waals surface area contributed by atoms with E-state index >= 15 is 0 Å². The first kappa shape index (κ1) is 25.3. The van der Waals surface area contributed by atoms with E-state index in [9.17, 15) is 0 Å². The van der Waals surface area contributed by atoms with Crippen LogP contribution in [0.15, 0.2) is 95.2 Å². The minimum atomic E-state index is -0.125. The summed E-state index contributed by atoms with van der Waals surface area (Å²) in [5, 5.41) is 0. The van der Waals surface area contributed by atoms with Gasteiger partial charge >= 0.3 is 0 Å². The molecule has 0 radical (unpaired) electrons. The third-order valence-corrected chi connectivity index (χ3v) is 7.53. The van der Waals surface area contributed by atoms with E-state index in [1.165, 1.54) is 40.9 Å². The van der Waals surface area contributed by atoms with Crippen LogP contribution >= 0.6 is 15.9 Å². The Morgan fingerprint density at radius 3 is 2.42 bits per heavy atom.